The topological polar surface area (TPSA) is 47.0 Å². The first kappa shape index (κ1) is 12.2. The molecule has 84 valence electrons. The minimum Gasteiger partial charge on any atom is -0.380 e. The van der Waals surface area contributed by atoms with Crippen molar-refractivity contribution in [2.45, 2.75) is 26.8 Å². The minimum absolute atomic E-state index is 0.203. The smallest absolute Gasteiger partial charge is 0.224 e. The third kappa shape index (κ3) is 4.01. The van der Waals surface area contributed by atoms with E-state index in [-0.39, 0.29) is 11.3 Å². The fourth-order valence-electron chi connectivity index (χ4n) is 1.14. The van der Waals surface area contributed by atoms with Crippen LogP contribution in [-0.2, 0) is 4.74 Å². The second kappa shape index (κ2) is 5.88. The average molecular weight is 230 g/mol. The van der Waals surface area contributed by atoms with E-state index in [0.29, 0.717) is 6.61 Å². The molecule has 0 fully saturated rings. The highest BCUT2D eigenvalue weighted by atomic mass is 35.5. The van der Waals surface area contributed by atoms with Crippen LogP contribution in [0.1, 0.15) is 19.4 Å². The van der Waals surface area contributed by atoms with Crippen LogP contribution >= 0.6 is 11.6 Å². The van der Waals surface area contributed by atoms with E-state index in [1.54, 1.807) is 6.20 Å². The molecule has 0 aliphatic rings. The van der Waals surface area contributed by atoms with Crippen LogP contribution in [0.25, 0.3) is 0 Å². The fraction of sp³-hybridized carbons (Fsp3) is 0.600. The maximum atomic E-state index is 5.71. The lowest BCUT2D eigenvalue weighted by molar-refractivity contribution is 0.141. The molecular formula is C10H16ClN3O. The summed E-state index contributed by atoms with van der Waals surface area (Å²) in [5.74, 6) is 0.766. The van der Waals surface area contributed by atoms with E-state index in [4.69, 9.17) is 16.3 Å². The van der Waals surface area contributed by atoms with E-state index < -0.39 is 0 Å². The molecule has 1 aromatic rings. The largest absolute Gasteiger partial charge is 0.380 e. The highest BCUT2D eigenvalue weighted by molar-refractivity contribution is 6.28. The van der Waals surface area contributed by atoms with Crippen molar-refractivity contribution >= 4 is 17.4 Å². The SMILES string of the molecule is CCOCC(C)Nc1nc(Cl)ncc1C. The normalized spacial score (nSPS) is 12.5. The van der Waals surface area contributed by atoms with E-state index in [0.717, 1.165) is 18.0 Å². The molecule has 1 heterocycles. The van der Waals surface area contributed by atoms with Crippen LogP contribution in [0.5, 0.6) is 0 Å². The summed E-state index contributed by atoms with van der Waals surface area (Å²) in [6.45, 7) is 7.31. The highest BCUT2D eigenvalue weighted by Gasteiger charge is 2.06. The maximum absolute atomic E-state index is 5.71. The van der Waals surface area contributed by atoms with Crippen molar-refractivity contribution in [3.63, 3.8) is 0 Å². The van der Waals surface area contributed by atoms with Crippen molar-refractivity contribution in [2.24, 2.45) is 0 Å². The minimum atomic E-state index is 0.203. The summed E-state index contributed by atoms with van der Waals surface area (Å²) in [5, 5.41) is 3.48. The zero-order chi connectivity index (χ0) is 11.3. The lowest BCUT2D eigenvalue weighted by Gasteiger charge is -2.15. The molecule has 0 saturated carbocycles. The zero-order valence-corrected chi connectivity index (χ0v) is 10.0. The van der Waals surface area contributed by atoms with Crippen molar-refractivity contribution in [3.8, 4) is 0 Å². The van der Waals surface area contributed by atoms with Crippen LogP contribution in [0.15, 0.2) is 6.20 Å². The molecule has 0 radical (unpaired) electrons. The Hall–Kier alpha value is -0.870. The fourth-order valence-corrected chi connectivity index (χ4v) is 1.27. The van der Waals surface area contributed by atoms with Gasteiger partial charge < -0.3 is 10.1 Å². The molecule has 0 aliphatic heterocycles. The van der Waals surface area contributed by atoms with Gasteiger partial charge in [0.25, 0.3) is 0 Å². The molecule has 0 bridgehead atoms. The lowest BCUT2D eigenvalue weighted by Crippen LogP contribution is -2.23. The Morgan fingerprint density at radius 1 is 1.60 bits per heavy atom. The first-order valence-corrected chi connectivity index (χ1v) is 5.34. The third-order valence-electron chi connectivity index (χ3n) is 1.90. The Balaban J connectivity index is 2.59. The van der Waals surface area contributed by atoms with Crippen LogP contribution in [0.4, 0.5) is 5.82 Å². The second-order valence-corrected chi connectivity index (χ2v) is 3.71. The Kier molecular flexibility index (Phi) is 4.78. The summed E-state index contributed by atoms with van der Waals surface area (Å²) in [6, 6.07) is 0.203. The number of aromatic nitrogens is 2. The first-order valence-electron chi connectivity index (χ1n) is 4.97. The van der Waals surface area contributed by atoms with E-state index in [1.807, 2.05) is 20.8 Å². The van der Waals surface area contributed by atoms with Gasteiger partial charge in [-0.2, -0.15) is 0 Å². The highest BCUT2D eigenvalue weighted by Crippen LogP contribution is 2.13. The first-order chi connectivity index (χ1) is 7.13. The molecule has 1 N–H and O–H groups in total. The van der Waals surface area contributed by atoms with E-state index in [9.17, 15) is 0 Å². The number of rotatable bonds is 5. The zero-order valence-electron chi connectivity index (χ0n) is 9.25. The number of aryl methyl sites for hydroxylation is 1. The van der Waals surface area contributed by atoms with Crippen molar-refractivity contribution in [1.82, 2.24) is 9.97 Å². The summed E-state index contributed by atoms with van der Waals surface area (Å²) in [6.07, 6.45) is 1.70. The van der Waals surface area contributed by atoms with Gasteiger partial charge in [-0.25, -0.2) is 9.97 Å². The van der Waals surface area contributed by atoms with E-state index in [1.165, 1.54) is 0 Å². The number of ether oxygens (including phenoxy) is 1. The molecule has 0 aliphatic carbocycles. The van der Waals surface area contributed by atoms with E-state index >= 15 is 0 Å². The summed E-state index contributed by atoms with van der Waals surface area (Å²) in [7, 11) is 0. The number of hydrogen-bond donors (Lipinski definition) is 1. The van der Waals surface area contributed by atoms with Crippen LogP contribution < -0.4 is 5.32 Å². The van der Waals surface area contributed by atoms with Gasteiger partial charge >= 0.3 is 0 Å². The number of anilines is 1. The van der Waals surface area contributed by atoms with Crippen molar-refractivity contribution in [2.75, 3.05) is 18.5 Å². The number of nitrogens with one attached hydrogen (secondary N) is 1. The molecule has 1 rings (SSSR count). The Bertz CT molecular complexity index is 320. The Labute approximate surface area is 95.0 Å². The lowest BCUT2D eigenvalue weighted by atomic mass is 10.3. The maximum Gasteiger partial charge on any atom is 0.224 e. The summed E-state index contributed by atoms with van der Waals surface area (Å²) in [4.78, 5) is 8.00. The summed E-state index contributed by atoms with van der Waals surface area (Å²) < 4.78 is 5.30. The third-order valence-corrected chi connectivity index (χ3v) is 2.08. The molecule has 0 spiro atoms. The van der Waals surface area contributed by atoms with Gasteiger partial charge in [0.15, 0.2) is 0 Å². The predicted molar refractivity (Wildman–Crippen MR) is 61.4 cm³/mol. The average Bonchev–Trinajstić information content (AvgIpc) is 2.20. The molecule has 0 amide bonds. The van der Waals surface area contributed by atoms with Gasteiger partial charge in [-0.1, -0.05) is 0 Å². The molecule has 5 heteroatoms. The Morgan fingerprint density at radius 3 is 3.00 bits per heavy atom. The van der Waals surface area contributed by atoms with Crippen molar-refractivity contribution in [1.29, 1.82) is 0 Å². The number of nitrogens with zero attached hydrogens (tertiary/aromatic N) is 2. The van der Waals surface area contributed by atoms with Crippen LogP contribution in [0, 0.1) is 6.92 Å². The van der Waals surface area contributed by atoms with Gasteiger partial charge in [-0.05, 0) is 32.4 Å². The standard InChI is InChI=1S/C10H16ClN3O/c1-4-15-6-8(3)13-9-7(2)5-12-10(11)14-9/h5,8H,4,6H2,1-3H3,(H,12,13,14). The molecule has 4 nitrogen and oxygen atoms in total. The van der Waals surface area contributed by atoms with Gasteiger partial charge in [0.2, 0.25) is 5.28 Å². The number of halogens is 1. The number of hydrogen-bond acceptors (Lipinski definition) is 4. The molecule has 1 unspecified atom stereocenters. The van der Waals surface area contributed by atoms with E-state index in [2.05, 4.69) is 15.3 Å². The van der Waals surface area contributed by atoms with Gasteiger partial charge in [-0.3, -0.25) is 0 Å². The molecule has 15 heavy (non-hydrogen) atoms. The van der Waals surface area contributed by atoms with Gasteiger partial charge in [0.1, 0.15) is 5.82 Å². The van der Waals surface area contributed by atoms with Crippen LogP contribution in [-0.4, -0.2) is 29.2 Å². The predicted octanol–water partition coefficient (Wildman–Crippen LogP) is 2.28. The van der Waals surface area contributed by atoms with Crippen LogP contribution in [0.3, 0.4) is 0 Å². The van der Waals surface area contributed by atoms with Gasteiger partial charge in [0.05, 0.1) is 6.61 Å². The van der Waals surface area contributed by atoms with Gasteiger partial charge in [-0.15, -0.1) is 0 Å². The molecule has 1 aromatic heterocycles. The molecular weight excluding hydrogens is 214 g/mol. The summed E-state index contributed by atoms with van der Waals surface area (Å²) >= 11 is 5.71. The van der Waals surface area contributed by atoms with Crippen molar-refractivity contribution in [3.05, 3.63) is 17.0 Å². The molecule has 1 atom stereocenters. The molecule has 0 saturated heterocycles. The van der Waals surface area contributed by atoms with Crippen molar-refractivity contribution < 1.29 is 4.74 Å². The van der Waals surface area contributed by atoms with Gasteiger partial charge in [0, 0.05) is 24.4 Å². The second-order valence-electron chi connectivity index (χ2n) is 3.38. The molecule has 0 aromatic carbocycles. The Morgan fingerprint density at radius 2 is 2.33 bits per heavy atom. The summed E-state index contributed by atoms with van der Waals surface area (Å²) in [5.41, 5.74) is 0.975. The van der Waals surface area contributed by atoms with Crippen LogP contribution in [0.2, 0.25) is 5.28 Å². The monoisotopic (exact) mass is 229 g/mol. The quantitative estimate of drug-likeness (QED) is 0.787.